The fourth-order valence-electron chi connectivity index (χ4n) is 1.82. The first-order valence-corrected chi connectivity index (χ1v) is 7.01. The average Bonchev–Trinajstić information content (AvgIpc) is 2.61. The molecule has 2 aromatic rings. The fraction of sp³-hybridized carbons (Fsp3) is 0.308. The highest BCUT2D eigenvalue weighted by Crippen LogP contribution is 2.21. The molecule has 0 aliphatic heterocycles. The van der Waals surface area contributed by atoms with E-state index in [1.165, 1.54) is 0 Å². The molecule has 1 heterocycles. The van der Waals surface area contributed by atoms with Crippen LogP contribution in [0.2, 0.25) is 0 Å². The second-order valence-corrected chi connectivity index (χ2v) is 5.22. The third kappa shape index (κ3) is 2.87. The number of hydrogen-bond acceptors (Lipinski definition) is 2. The first-order valence-electron chi connectivity index (χ1n) is 5.68. The largest absolute Gasteiger partial charge is 0.379 e. The maximum Gasteiger partial charge on any atom is 0.0739 e. The minimum atomic E-state index is 0.532. The quantitative estimate of drug-likeness (QED) is 0.864. The zero-order chi connectivity index (χ0) is 13.1. The molecule has 0 bridgehead atoms. The second kappa shape index (κ2) is 5.76. The van der Waals surface area contributed by atoms with Crippen molar-refractivity contribution in [2.75, 3.05) is 5.32 Å². The van der Waals surface area contributed by atoms with E-state index in [4.69, 9.17) is 11.6 Å². The smallest absolute Gasteiger partial charge is 0.0739 e. The monoisotopic (exact) mass is 327 g/mol. The van der Waals surface area contributed by atoms with Gasteiger partial charge in [0.15, 0.2) is 0 Å². The average molecular weight is 329 g/mol. The van der Waals surface area contributed by atoms with E-state index in [1.807, 2.05) is 36.9 Å². The molecule has 0 aliphatic carbocycles. The molecule has 1 N–H and O–H groups in total. The van der Waals surface area contributed by atoms with Crippen molar-refractivity contribution in [2.45, 2.75) is 19.3 Å². The summed E-state index contributed by atoms with van der Waals surface area (Å²) in [5, 5.41) is 7.75. The summed E-state index contributed by atoms with van der Waals surface area (Å²) in [5.74, 6) is 0.532. The molecule has 0 aliphatic rings. The first kappa shape index (κ1) is 13.4. The van der Waals surface area contributed by atoms with Gasteiger partial charge in [-0.3, -0.25) is 4.68 Å². The molecule has 0 spiro atoms. The highest BCUT2D eigenvalue weighted by Gasteiger charge is 2.09. The summed E-state index contributed by atoms with van der Waals surface area (Å²) >= 11 is 9.38. The van der Waals surface area contributed by atoms with Crippen LogP contribution in [0.5, 0.6) is 0 Å². The minimum absolute atomic E-state index is 0.532. The van der Waals surface area contributed by atoms with E-state index in [0.29, 0.717) is 5.88 Å². The van der Waals surface area contributed by atoms with E-state index in [0.717, 1.165) is 33.7 Å². The van der Waals surface area contributed by atoms with Crippen LogP contribution >= 0.6 is 27.5 Å². The maximum absolute atomic E-state index is 5.82. The Labute approximate surface area is 120 Å². The summed E-state index contributed by atoms with van der Waals surface area (Å²) in [7, 11) is 1.95. The normalized spacial score (nSPS) is 10.7. The van der Waals surface area contributed by atoms with Crippen LogP contribution < -0.4 is 5.32 Å². The molecule has 3 nitrogen and oxygen atoms in total. The number of benzene rings is 1. The number of anilines is 1. The number of alkyl halides is 1. The van der Waals surface area contributed by atoms with Crippen molar-refractivity contribution in [1.82, 2.24) is 9.78 Å². The Balaban J connectivity index is 2.11. The van der Waals surface area contributed by atoms with E-state index in [9.17, 15) is 0 Å². The van der Waals surface area contributed by atoms with Crippen molar-refractivity contribution >= 4 is 33.2 Å². The van der Waals surface area contributed by atoms with Crippen LogP contribution in [0.4, 0.5) is 5.69 Å². The highest BCUT2D eigenvalue weighted by molar-refractivity contribution is 9.10. The summed E-state index contributed by atoms with van der Waals surface area (Å²) in [6, 6.07) is 8.11. The molecule has 0 unspecified atom stereocenters. The lowest BCUT2D eigenvalue weighted by molar-refractivity contribution is 0.712. The van der Waals surface area contributed by atoms with Crippen LogP contribution in [-0.4, -0.2) is 9.78 Å². The van der Waals surface area contributed by atoms with E-state index < -0.39 is 0 Å². The number of halogens is 2. The molecule has 0 amide bonds. The van der Waals surface area contributed by atoms with Crippen LogP contribution in [0, 0.1) is 6.92 Å². The lowest BCUT2D eigenvalue weighted by Crippen LogP contribution is -2.06. The number of hydrogen-bond donors (Lipinski definition) is 1. The zero-order valence-electron chi connectivity index (χ0n) is 10.4. The number of nitrogens with one attached hydrogen (secondary N) is 1. The Hall–Kier alpha value is -1.000. The molecule has 96 valence electrons. The molecule has 5 heteroatoms. The summed E-state index contributed by atoms with van der Waals surface area (Å²) in [4.78, 5) is 0. The third-order valence-corrected chi connectivity index (χ3v) is 4.14. The van der Waals surface area contributed by atoms with Gasteiger partial charge in [0.05, 0.1) is 22.4 Å². The molecule has 0 radical (unpaired) electrons. The van der Waals surface area contributed by atoms with Crippen molar-refractivity contribution in [3.05, 3.63) is 45.7 Å². The Morgan fingerprint density at radius 3 is 2.83 bits per heavy atom. The summed E-state index contributed by atoms with van der Waals surface area (Å²) in [6.07, 6.45) is 0. The molecule has 2 rings (SSSR count). The molecule has 1 aromatic heterocycles. The van der Waals surface area contributed by atoms with Gasteiger partial charge in [0.25, 0.3) is 0 Å². The molecule has 0 atom stereocenters. The van der Waals surface area contributed by atoms with Crippen LogP contribution in [-0.2, 0) is 19.5 Å². The molecular weight excluding hydrogens is 314 g/mol. The maximum atomic E-state index is 5.82. The lowest BCUT2D eigenvalue weighted by atomic mass is 10.2. The van der Waals surface area contributed by atoms with Crippen LogP contribution in [0.3, 0.4) is 0 Å². The Morgan fingerprint density at radius 1 is 1.44 bits per heavy atom. The number of rotatable bonds is 4. The van der Waals surface area contributed by atoms with Crippen LogP contribution in [0.15, 0.2) is 28.7 Å². The highest BCUT2D eigenvalue weighted by atomic mass is 79.9. The van der Waals surface area contributed by atoms with Crippen molar-refractivity contribution in [2.24, 2.45) is 7.05 Å². The van der Waals surface area contributed by atoms with Gasteiger partial charge in [-0.05, 0) is 40.5 Å². The van der Waals surface area contributed by atoms with E-state index in [2.05, 4.69) is 32.4 Å². The van der Waals surface area contributed by atoms with Gasteiger partial charge in [-0.2, -0.15) is 5.10 Å². The standard InChI is InChI=1S/C13H15BrClN3/c1-9-13(14)12(18(2)17-9)8-16-11-5-3-4-10(6-11)7-15/h3-6,16H,7-8H2,1-2H3. The molecule has 0 saturated heterocycles. The van der Waals surface area contributed by atoms with Gasteiger partial charge in [-0.15, -0.1) is 11.6 Å². The van der Waals surface area contributed by atoms with Gasteiger partial charge < -0.3 is 5.32 Å². The number of aromatic nitrogens is 2. The minimum Gasteiger partial charge on any atom is -0.379 e. The SMILES string of the molecule is Cc1nn(C)c(CNc2cccc(CCl)c2)c1Br. The second-order valence-electron chi connectivity index (χ2n) is 4.16. The Bertz CT molecular complexity index is 551. The van der Waals surface area contributed by atoms with Gasteiger partial charge in [0, 0.05) is 18.6 Å². The van der Waals surface area contributed by atoms with Gasteiger partial charge in [-0.1, -0.05) is 12.1 Å². The van der Waals surface area contributed by atoms with Gasteiger partial charge in [0.1, 0.15) is 0 Å². The number of nitrogens with zero attached hydrogens (tertiary/aromatic N) is 2. The first-order chi connectivity index (χ1) is 8.61. The zero-order valence-corrected chi connectivity index (χ0v) is 12.7. The van der Waals surface area contributed by atoms with Crippen LogP contribution in [0.25, 0.3) is 0 Å². The molecule has 0 fully saturated rings. The lowest BCUT2D eigenvalue weighted by Gasteiger charge is -2.08. The predicted octanol–water partition coefficient (Wildman–Crippen LogP) is 3.84. The third-order valence-electron chi connectivity index (χ3n) is 2.80. The van der Waals surface area contributed by atoms with Gasteiger partial charge in [0.2, 0.25) is 0 Å². The van der Waals surface area contributed by atoms with Crippen molar-refractivity contribution < 1.29 is 0 Å². The summed E-state index contributed by atoms with van der Waals surface area (Å²) in [6.45, 7) is 2.71. The summed E-state index contributed by atoms with van der Waals surface area (Å²) in [5.41, 5.74) is 4.31. The van der Waals surface area contributed by atoms with Crippen LogP contribution in [0.1, 0.15) is 17.0 Å². The van der Waals surface area contributed by atoms with Crippen molar-refractivity contribution in [1.29, 1.82) is 0 Å². The van der Waals surface area contributed by atoms with Gasteiger partial charge >= 0.3 is 0 Å². The topological polar surface area (TPSA) is 29.9 Å². The van der Waals surface area contributed by atoms with E-state index >= 15 is 0 Å². The molecule has 1 aromatic carbocycles. The summed E-state index contributed by atoms with van der Waals surface area (Å²) < 4.78 is 2.95. The Kier molecular flexibility index (Phi) is 4.30. The van der Waals surface area contributed by atoms with Gasteiger partial charge in [-0.25, -0.2) is 0 Å². The predicted molar refractivity (Wildman–Crippen MR) is 79.0 cm³/mol. The molecule has 18 heavy (non-hydrogen) atoms. The molecular formula is C13H15BrClN3. The molecule has 0 saturated carbocycles. The Morgan fingerprint density at radius 2 is 2.22 bits per heavy atom. The van der Waals surface area contributed by atoms with E-state index in [-0.39, 0.29) is 0 Å². The number of aryl methyl sites for hydroxylation is 2. The van der Waals surface area contributed by atoms with E-state index in [1.54, 1.807) is 0 Å². The van der Waals surface area contributed by atoms with Crippen molar-refractivity contribution in [3.8, 4) is 0 Å². The fourth-order valence-corrected chi connectivity index (χ4v) is 2.46. The van der Waals surface area contributed by atoms with Crippen molar-refractivity contribution in [3.63, 3.8) is 0 Å².